The predicted molar refractivity (Wildman–Crippen MR) is 70.8 cm³/mol. The fourth-order valence-corrected chi connectivity index (χ4v) is 2.16. The number of ether oxygens (including phenoxy) is 2. The van der Waals surface area contributed by atoms with Crippen molar-refractivity contribution in [3.8, 4) is 0 Å². The van der Waals surface area contributed by atoms with Crippen LogP contribution in [0.5, 0.6) is 0 Å². The van der Waals surface area contributed by atoms with Crippen LogP contribution in [0.1, 0.15) is 0 Å². The molecular weight excluding hydrogens is 320 g/mol. The predicted octanol–water partition coefficient (Wildman–Crippen LogP) is -5.76. The molecule has 0 spiro atoms. The molecule has 0 amide bonds. The van der Waals surface area contributed by atoms with Crippen molar-refractivity contribution in [1.82, 2.24) is 0 Å². The highest BCUT2D eigenvalue weighted by Gasteiger charge is 2.46. The van der Waals surface area contributed by atoms with E-state index in [0.717, 1.165) is 0 Å². The van der Waals surface area contributed by atoms with Gasteiger partial charge in [0.25, 0.3) is 0 Å². The van der Waals surface area contributed by atoms with Crippen molar-refractivity contribution < 1.29 is 55.4 Å². The van der Waals surface area contributed by atoms with Crippen molar-refractivity contribution in [3.05, 3.63) is 0 Å². The van der Waals surface area contributed by atoms with Gasteiger partial charge in [-0.2, -0.15) is 0 Å². The molecule has 0 saturated carbocycles. The van der Waals surface area contributed by atoms with Gasteiger partial charge in [-0.15, -0.1) is 0 Å². The summed E-state index contributed by atoms with van der Waals surface area (Å²) in [5.74, 6) is 0. The SMILES string of the molecule is OC[C@@H](O)[C@H](O)[C@@H](O[C@H]1O[C@@H](CO)[C@@H](O)[C@@H](O)[C@@H]1O)[C@@H](O)CO. The van der Waals surface area contributed by atoms with E-state index in [2.05, 4.69) is 0 Å². The molecule has 1 aliphatic rings. The maximum absolute atomic E-state index is 9.83. The monoisotopic (exact) mass is 344 g/mol. The number of aliphatic hydroxyl groups excluding tert-OH is 9. The average molecular weight is 344 g/mol. The molecule has 138 valence electrons. The lowest BCUT2D eigenvalue weighted by molar-refractivity contribution is -0.327. The molecule has 11 nitrogen and oxygen atoms in total. The van der Waals surface area contributed by atoms with Crippen LogP contribution in [0.15, 0.2) is 0 Å². The van der Waals surface area contributed by atoms with E-state index >= 15 is 0 Å². The van der Waals surface area contributed by atoms with Crippen molar-refractivity contribution in [2.75, 3.05) is 19.8 Å². The molecule has 1 saturated heterocycles. The van der Waals surface area contributed by atoms with Crippen molar-refractivity contribution in [2.45, 2.75) is 55.1 Å². The van der Waals surface area contributed by atoms with E-state index in [1.54, 1.807) is 0 Å². The molecule has 9 atom stereocenters. The molecule has 11 heteroatoms. The van der Waals surface area contributed by atoms with Crippen LogP contribution < -0.4 is 0 Å². The zero-order valence-electron chi connectivity index (χ0n) is 12.2. The lowest BCUT2D eigenvalue weighted by atomic mass is 9.98. The highest BCUT2D eigenvalue weighted by atomic mass is 16.7. The van der Waals surface area contributed by atoms with Crippen LogP contribution in [0.25, 0.3) is 0 Å². The Bertz CT molecular complexity index is 341. The van der Waals surface area contributed by atoms with Crippen LogP contribution in [0, 0.1) is 0 Å². The van der Waals surface area contributed by atoms with Gasteiger partial charge in [-0.1, -0.05) is 0 Å². The van der Waals surface area contributed by atoms with Gasteiger partial charge in [0.1, 0.15) is 48.8 Å². The van der Waals surface area contributed by atoms with Crippen molar-refractivity contribution >= 4 is 0 Å². The van der Waals surface area contributed by atoms with Crippen molar-refractivity contribution in [2.24, 2.45) is 0 Å². The van der Waals surface area contributed by atoms with Crippen LogP contribution in [0.2, 0.25) is 0 Å². The quantitative estimate of drug-likeness (QED) is 0.203. The number of hydrogen-bond donors (Lipinski definition) is 9. The van der Waals surface area contributed by atoms with Gasteiger partial charge in [-0.25, -0.2) is 0 Å². The maximum Gasteiger partial charge on any atom is 0.187 e. The Hall–Kier alpha value is -0.440. The van der Waals surface area contributed by atoms with Gasteiger partial charge in [-0.3, -0.25) is 0 Å². The van der Waals surface area contributed by atoms with Gasteiger partial charge >= 0.3 is 0 Å². The van der Waals surface area contributed by atoms with Gasteiger partial charge in [0.2, 0.25) is 0 Å². The Balaban J connectivity index is 2.89. The number of rotatable bonds is 8. The summed E-state index contributed by atoms with van der Waals surface area (Å²) in [4.78, 5) is 0. The van der Waals surface area contributed by atoms with Gasteiger partial charge in [0.15, 0.2) is 6.29 Å². The Labute approximate surface area is 131 Å². The first-order chi connectivity index (χ1) is 10.8. The zero-order chi connectivity index (χ0) is 17.7. The van der Waals surface area contributed by atoms with Crippen LogP contribution in [0.4, 0.5) is 0 Å². The summed E-state index contributed by atoms with van der Waals surface area (Å²) in [7, 11) is 0. The summed E-state index contributed by atoms with van der Waals surface area (Å²) in [5, 5.41) is 84.9. The van der Waals surface area contributed by atoms with E-state index in [-0.39, 0.29) is 0 Å². The third kappa shape index (κ3) is 4.78. The highest BCUT2D eigenvalue weighted by molar-refractivity contribution is 4.91. The molecule has 0 bridgehead atoms. The first-order valence-corrected chi connectivity index (χ1v) is 7.00. The Morgan fingerprint density at radius 2 is 1.39 bits per heavy atom. The van der Waals surface area contributed by atoms with Crippen LogP contribution in [-0.4, -0.2) is 121 Å². The molecular formula is C12H24O11. The first kappa shape index (κ1) is 20.6. The molecule has 0 radical (unpaired) electrons. The molecule has 23 heavy (non-hydrogen) atoms. The standard InChI is InChI=1S/C12H24O11/c13-1-4(16)7(18)11(5(17)2-14)23-12-10(21)9(20)8(19)6(3-15)22-12/h4-21H,1-3H2/t4-,5+,6+,7+,8-,9-,10+,11+,12-/m1/s1. The molecule has 0 aromatic rings. The van der Waals surface area contributed by atoms with E-state index in [4.69, 9.17) is 24.8 Å². The molecule has 9 N–H and O–H groups in total. The number of aliphatic hydroxyl groups is 9. The van der Waals surface area contributed by atoms with E-state index in [1.807, 2.05) is 0 Å². The molecule has 0 aromatic carbocycles. The Kier molecular flexibility index (Phi) is 8.20. The average Bonchev–Trinajstić information content (AvgIpc) is 2.57. The molecule has 1 aliphatic heterocycles. The second kappa shape index (κ2) is 9.15. The summed E-state index contributed by atoms with van der Waals surface area (Å²) in [6, 6.07) is 0. The minimum Gasteiger partial charge on any atom is -0.394 e. The maximum atomic E-state index is 9.83. The molecule has 1 heterocycles. The summed E-state index contributed by atoms with van der Waals surface area (Å²) in [6.07, 6.45) is -15.1. The largest absolute Gasteiger partial charge is 0.394 e. The van der Waals surface area contributed by atoms with Crippen LogP contribution >= 0.6 is 0 Å². The van der Waals surface area contributed by atoms with Gasteiger partial charge in [0, 0.05) is 0 Å². The summed E-state index contributed by atoms with van der Waals surface area (Å²) < 4.78 is 10.1. The third-order valence-corrected chi connectivity index (χ3v) is 3.62. The molecule has 0 unspecified atom stereocenters. The second-order valence-electron chi connectivity index (χ2n) is 5.29. The van der Waals surface area contributed by atoms with E-state index in [0.29, 0.717) is 0 Å². The first-order valence-electron chi connectivity index (χ1n) is 7.00. The Morgan fingerprint density at radius 3 is 1.87 bits per heavy atom. The van der Waals surface area contributed by atoms with E-state index in [1.165, 1.54) is 0 Å². The second-order valence-corrected chi connectivity index (χ2v) is 5.29. The normalized spacial score (nSPS) is 37.2. The van der Waals surface area contributed by atoms with Gasteiger partial charge in [-0.05, 0) is 0 Å². The molecule has 0 aromatic heterocycles. The van der Waals surface area contributed by atoms with E-state index in [9.17, 15) is 30.6 Å². The molecule has 1 fully saturated rings. The fraction of sp³-hybridized carbons (Fsp3) is 1.00. The van der Waals surface area contributed by atoms with Gasteiger partial charge in [0.05, 0.1) is 19.8 Å². The Morgan fingerprint density at radius 1 is 0.826 bits per heavy atom. The summed E-state index contributed by atoms with van der Waals surface area (Å²) >= 11 is 0. The highest BCUT2D eigenvalue weighted by Crippen LogP contribution is 2.24. The third-order valence-electron chi connectivity index (χ3n) is 3.62. The van der Waals surface area contributed by atoms with Crippen LogP contribution in [0.3, 0.4) is 0 Å². The molecule has 1 rings (SSSR count). The summed E-state index contributed by atoms with van der Waals surface area (Å²) in [5.41, 5.74) is 0. The van der Waals surface area contributed by atoms with E-state index < -0.39 is 74.9 Å². The van der Waals surface area contributed by atoms with Crippen LogP contribution in [-0.2, 0) is 9.47 Å². The minimum atomic E-state index is -1.85. The lowest BCUT2D eigenvalue weighted by Gasteiger charge is -2.42. The fourth-order valence-electron chi connectivity index (χ4n) is 2.16. The topological polar surface area (TPSA) is 201 Å². The zero-order valence-corrected chi connectivity index (χ0v) is 12.2. The lowest BCUT2D eigenvalue weighted by Crippen LogP contribution is -2.61. The minimum absolute atomic E-state index is 0.708. The van der Waals surface area contributed by atoms with Crippen molar-refractivity contribution in [3.63, 3.8) is 0 Å². The van der Waals surface area contributed by atoms with Crippen molar-refractivity contribution in [1.29, 1.82) is 0 Å². The van der Waals surface area contributed by atoms with Gasteiger partial charge < -0.3 is 55.4 Å². The number of hydrogen-bond acceptors (Lipinski definition) is 11. The summed E-state index contributed by atoms with van der Waals surface area (Å²) in [6.45, 7) is -2.45. The smallest absolute Gasteiger partial charge is 0.187 e. The molecule has 0 aliphatic carbocycles.